The van der Waals surface area contributed by atoms with Gasteiger partial charge in [0.15, 0.2) is 6.29 Å². The molecule has 1 aliphatic rings. The molecule has 0 unspecified atom stereocenters. The molecule has 5 nitrogen and oxygen atoms in total. The zero-order valence-electron chi connectivity index (χ0n) is 14.4. The summed E-state index contributed by atoms with van der Waals surface area (Å²) >= 11 is 0. The van der Waals surface area contributed by atoms with Gasteiger partial charge in [0.2, 0.25) is 0 Å². The summed E-state index contributed by atoms with van der Waals surface area (Å²) in [4.78, 5) is 16.2. The molecule has 1 aromatic carbocycles. The molecule has 3 rings (SSSR count). The fraction of sp³-hybridized carbons (Fsp3) is 0.444. The largest absolute Gasteiger partial charge is 0.353 e. The molecular formula is C18H23FN4O. The number of rotatable bonds is 4. The number of piperazine rings is 1. The van der Waals surface area contributed by atoms with Crippen LogP contribution in [0.5, 0.6) is 0 Å². The minimum Gasteiger partial charge on any atom is -0.353 e. The molecule has 1 aliphatic heterocycles. The molecule has 0 amide bonds. The van der Waals surface area contributed by atoms with Crippen molar-refractivity contribution in [2.75, 3.05) is 31.1 Å². The summed E-state index contributed by atoms with van der Waals surface area (Å²) in [6.45, 7) is 9.69. The normalized spacial score (nSPS) is 16.0. The number of aryl methyl sites for hydroxylation is 1. The number of nitrogens with zero attached hydrogens (tertiary/aromatic N) is 4. The van der Waals surface area contributed by atoms with Crippen LogP contribution in [0.1, 0.15) is 29.9 Å². The number of anilines is 1. The van der Waals surface area contributed by atoms with Crippen molar-refractivity contribution in [1.82, 2.24) is 14.7 Å². The Labute approximate surface area is 141 Å². The first-order chi connectivity index (χ1) is 11.5. The minimum atomic E-state index is -0.316. The highest BCUT2D eigenvalue weighted by atomic mass is 19.1. The second kappa shape index (κ2) is 6.73. The van der Waals surface area contributed by atoms with Gasteiger partial charge in [-0.1, -0.05) is 6.07 Å². The van der Waals surface area contributed by atoms with E-state index >= 15 is 0 Å². The van der Waals surface area contributed by atoms with E-state index in [2.05, 4.69) is 28.7 Å². The second-order valence-electron chi connectivity index (χ2n) is 6.45. The van der Waals surface area contributed by atoms with E-state index in [1.54, 1.807) is 16.8 Å². The number of carbonyl (C=O) groups excluding carboxylic acids is 1. The van der Waals surface area contributed by atoms with Crippen LogP contribution in [-0.4, -0.2) is 53.2 Å². The molecule has 128 valence electrons. The summed E-state index contributed by atoms with van der Waals surface area (Å²) in [7, 11) is 0. The van der Waals surface area contributed by atoms with Crippen molar-refractivity contribution < 1.29 is 9.18 Å². The number of hydrogen-bond donors (Lipinski definition) is 0. The fourth-order valence-corrected chi connectivity index (χ4v) is 3.21. The Morgan fingerprint density at radius 3 is 2.50 bits per heavy atom. The summed E-state index contributed by atoms with van der Waals surface area (Å²) in [5.41, 5.74) is 1.88. The molecule has 0 spiro atoms. The number of hydrogen-bond acceptors (Lipinski definition) is 4. The summed E-state index contributed by atoms with van der Waals surface area (Å²) in [5.74, 6) is 0.445. The minimum absolute atomic E-state index is 0.316. The lowest BCUT2D eigenvalue weighted by Crippen LogP contribution is -2.49. The van der Waals surface area contributed by atoms with E-state index in [-0.39, 0.29) is 5.82 Å². The first-order valence-electron chi connectivity index (χ1n) is 8.31. The molecule has 1 saturated heterocycles. The summed E-state index contributed by atoms with van der Waals surface area (Å²) in [6.07, 6.45) is 0.849. The SMILES string of the molecule is Cc1nn(-c2cccc(F)c2)c(N2CCN(C(C)C)CC2)c1C=O. The van der Waals surface area contributed by atoms with Crippen molar-refractivity contribution in [1.29, 1.82) is 0 Å². The van der Waals surface area contributed by atoms with Crippen LogP contribution < -0.4 is 4.90 Å². The number of aldehydes is 1. The average molecular weight is 330 g/mol. The van der Waals surface area contributed by atoms with Gasteiger partial charge in [0.1, 0.15) is 11.6 Å². The highest BCUT2D eigenvalue weighted by molar-refractivity contribution is 5.85. The molecule has 2 aromatic rings. The summed E-state index contributed by atoms with van der Waals surface area (Å²) < 4.78 is 15.3. The molecule has 0 N–H and O–H groups in total. The molecule has 0 radical (unpaired) electrons. The standard InChI is InChI=1S/C18H23FN4O/c1-13(2)21-7-9-22(10-8-21)18-17(12-24)14(3)20-23(18)16-6-4-5-15(19)11-16/h4-6,11-13H,7-10H2,1-3H3. The Morgan fingerprint density at radius 2 is 1.92 bits per heavy atom. The van der Waals surface area contributed by atoms with E-state index in [4.69, 9.17) is 0 Å². The average Bonchev–Trinajstić information content (AvgIpc) is 2.91. The maximum atomic E-state index is 13.6. The molecule has 0 bridgehead atoms. The monoisotopic (exact) mass is 330 g/mol. The Hall–Kier alpha value is -2.21. The smallest absolute Gasteiger partial charge is 0.155 e. The zero-order chi connectivity index (χ0) is 17.3. The van der Waals surface area contributed by atoms with Crippen LogP contribution in [0.4, 0.5) is 10.2 Å². The lowest BCUT2D eigenvalue weighted by molar-refractivity contribution is 0.112. The van der Waals surface area contributed by atoms with Gasteiger partial charge in [-0.05, 0) is 39.0 Å². The van der Waals surface area contributed by atoms with E-state index in [9.17, 15) is 9.18 Å². The van der Waals surface area contributed by atoms with E-state index in [0.29, 0.717) is 23.0 Å². The first-order valence-corrected chi connectivity index (χ1v) is 8.31. The van der Waals surface area contributed by atoms with Crippen molar-refractivity contribution in [2.24, 2.45) is 0 Å². The molecule has 2 heterocycles. The van der Waals surface area contributed by atoms with Crippen molar-refractivity contribution in [2.45, 2.75) is 26.8 Å². The van der Waals surface area contributed by atoms with Crippen LogP contribution in [0.25, 0.3) is 5.69 Å². The number of aromatic nitrogens is 2. The number of halogens is 1. The molecule has 1 aromatic heterocycles. The third-order valence-electron chi connectivity index (χ3n) is 4.60. The highest BCUT2D eigenvalue weighted by Crippen LogP contribution is 2.27. The third kappa shape index (κ3) is 3.06. The van der Waals surface area contributed by atoms with Crippen LogP contribution in [0.2, 0.25) is 0 Å². The molecule has 1 fully saturated rings. The third-order valence-corrected chi connectivity index (χ3v) is 4.60. The summed E-state index contributed by atoms with van der Waals surface area (Å²) in [6, 6.07) is 6.81. The van der Waals surface area contributed by atoms with Crippen LogP contribution in [0.3, 0.4) is 0 Å². The van der Waals surface area contributed by atoms with Gasteiger partial charge in [-0.25, -0.2) is 9.07 Å². The van der Waals surface area contributed by atoms with Crippen molar-refractivity contribution in [3.8, 4) is 5.69 Å². The Morgan fingerprint density at radius 1 is 1.21 bits per heavy atom. The topological polar surface area (TPSA) is 41.4 Å². The van der Waals surface area contributed by atoms with Gasteiger partial charge in [0.25, 0.3) is 0 Å². The van der Waals surface area contributed by atoms with Gasteiger partial charge in [-0.2, -0.15) is 5.10 Å². The predicted octanol–water partition coefficient (Wildman–Crippen LogP) is 2.66. The lowest BCUT2D eigenvalue weighted by Gasteiger charge is -2.38. The maximum Gasteiger partial charge on any atom is 0.155 e. The molecule has 0 aliphatic carbocycles. The van der Waals surface area contributed by atoms with Gasteiger partial charge in [0.05, 0.1) is 16.9 Å². The van der Waals surface area contributed by atoms with E-state index in [1.165, 1.54) is 12.1 Å². The van der Waals surface area contributed by atoms with Crippen LogP contribution in [0, 0.1) is 12.7 Å². The van der Waals surface area contributed by atoms with Gasteiger partial charge in [0, 0.05) is 32.2 Å². The van der Waals surface area contributed by atoms with Crippen LogP contribution >= 0.6 is 0 Å². The van der Waals surface area contributed by atoms with Crippen LogP contribution in [-0.2, 0) is 0 Å². The molecule has 6 heteroatoms. The lowest BCUT2D eigenvalue weighted by atomic mass is 10.2. The van der Waals surface area contributed by atoms with E-state index in [0.717, 1.165) is 38.3 Å². The summed E-state index contributed by atoms with van der Waals surface area (Å²) in [5, 5.41) is 4.49. The Balaban J connectivity index is 1.99. The van der Waals surface area contributed by atoms with Gasteiger partial charge in [-0.3, -0.25) is 9.69 Å². The molecular weight excluding hydrogens is 307 g/mol. The van der Waals surface area contributed by atoms with Crippen LogP contribution in [0.15, 0.2) is 24.3 Å². The highest BCUT2D eigenvalue weighted by Gasteiger charge is 2.26. The first kappa shape index (κ1) is 16.6. The Kier molecular flexibility index (Phi) is 4.66. The number of carbonyl (C=O) groups is 1. The molecule has 24 heavy (non-hydrogen) atoms. The van der Waals surface area contributed by atoms with Gasteiger partial charge >= 0.3 is 0 Å². The van der Waals surface area contributed by atoms with E-state index in [1.807, 2.05) is 6.92 Å². The Bertz CT molecular complexity index is 733. The van der Waals surface area contributed by atoms with Gasteiger partial charge < -0.3 is 4.90 Å². The fourth-order valence-electron chi connectivity index (χ4n) is 3.21. The number of benzene rings is 1. The second-order valence-corrected chi connectivity index (χ2v) is 6.45. The van der Waals surface area contributed by atoms with Crippen molar-refractivity contribution in [3.05, 3.63) is 41.3 Å². The van der Waals surface area contributed by atoms with Gasteiger partial charge in [-0.15, -0.1) is 0 Å². The molecule has 0 saturated carbocycles. The van der Waals surface area contributed by atoms with E-state index < -0.39 is 0 Å². The molecule has 0 atom stereocenters. The maximum absolute atomic E-state index is 13.6. The van der Waals surface area contributed by atoms with Crippen molar-refractivity contribution in [3.63, 3.8) is 0 Å². The quantitative estimate of drug-likeness (QED) is 0.808. The zero-order valence-corrected chi connectivity index (χ0v) is 14.4. The van der Waals surface area contributed by atoms with Crippen molar-refractivity contribution >= 4 is 12.1 Å². The predicted molar refractivity (Wildman–Crippen MR) is 92.6 cm³/mol.